The van der Waals surface area contributed by atoms with Crippen LogP contribution in [0.4, 0.5) is 0 Å². The fourth-order valence-electron chi connectivity index (χ4n) is 3.24. The fourth-order valence-corrected chi connectivity index (χ4v) is 3.43. The summed E-state index contributed by atoms with van der Waals surface area (Å²) in [6.07, 6.45) is 5.06. The molecule has 1 aliphatic rings. The molecule has 8 nitrogen and oxygen atoms in total. The highest BCUT2D eigenvalue weighted by Crippen LogP contribution is 2.39. The summed E-state index contributed by atoms with van der Waals surface area (Å²) >= 11 is 6.22. The molecule has 2 heterocycles. The van der Waals surface area contributed by atoms with E-state index in [1.54, 1.807) is 35.3 Å². The van der Waals surface area contributed by atoms with E-state index in [0.29, 0.717) is 39.9 Å². The number of methoxy groups -OCH3 is 3. The van der Waals surface area contributed by atoms with Gasteiger partial charge in [-0.15, -0.1) is 0 Å². The number of carbonyl (C=O) groups is 1. The lowest BCUT2D eigenvalue weighted by Gasteiger charge is -2.13. The van der Waals surface area contributed by atoms with E-state index in [0.717, 1.165) is 5.56 Å². The van der Waals surface area contributed by atoms with Crippen molar-refractivity contribution in [3.63, 3.8) is 0 Å². The van der Waals surface area contributed by atoms with Crippen molar-refractivity contribution in [1.82, 2.24) is 9.78 Å². The lowest BCUT2D eigenvalue weighted by Crippen LogP contribution is -2.06. The first-order valence-corrected chi connectivity index (χ1v) is 9.99. The van der Waals surface area contributed by atoms with Gasteiger partial charge in [0, 0.05) is 22.3 Å². The van der Waals surface area contributed by atoms with E-state index < -0.39 is 5.97 Å². The highest BCUT2D eigenvalue weighted by molar-refractivity contribution is 6.31. The third kappa shape index (κ3) is 4.31. The minimum absolute atomic E-state index is 0.143. The number of hydrogen-bond acceptors (Lipinski definition) is 7. The third-order valence-corrected chi connectivity index (χ3v) is 5.15. The number of esters is 1. The van der Waals surface area contributed by atoms with E-state index >= 15 is 0 Å². The second-order valence-corrected chi connectivity index (χ2v) is 7.22. The molecule has 9 heteroatoms. The Labute approximate surface area is 189 Å². The molecule has 0 radical (unpaired) electrons. The van der Waals surface area contributed by atoms with Crippen molar-refractivity contribution < 1.29 is 23.7 Å². The largest absolute Gasteiger partial charge is 0.493 e. The summed E-state index contributed by atoms with van der Waals surface area (Å²) in [4.78, 5) is 16.7. The maximum atomic E-state index is 12.4. The van der Waals surface area contributed by atoms with Gasteiger partial charge in [-0.3, -0.25) is 4.68 Å². The van der Waals surface area contributed by atoms with Crippen LogP contribution in [0, 0.1) is 0 Å². The van der Waals surface area contributed by atoms with E-state index in [4.69, 9.17) is 30.5 Å². The standard InChI is InChI=1S/C23H20ClN3O5/c1-29-19-9-16(10-20(30-2)21(19)31-3)22-26-18(23(28)32-22)8-14-11-25-27(12-14)13-15-6-4-5-7-17(15)24/h4-12H,13H2,1-3H3/b18-8-. The molecule has 0 amide bonds. The molecule has 164 valence electrons. The summed E-state index contributed by atoms with van der Waals surface area (Å²) in [6.45, 7) is 0.507. The Hall–Kier alpha value is -3.78. The van der Waals surface area contributed by atoms with Crippen LogP contribution in [0.25, 0.3) is 6.08 Å². The van der Waals surface area contributed by atoms with Crippen LogP contribution < -0.4 is 14.2 Å². The van der Waals surface area contributed by atoms with Crippen LogP contribution in [-0.4, -0.2) is 43.0 Å². The maximum absolute atomic E-state index is 12.4. The van der Waals surface area contributed by atoms with Crippen LogP contribution in [0.5, 0.6) is 17.2 Å². The predicted molar refractivity (Wildman–Crippen MR) is 119 cm³/mol. The van der Waals surface area contributed by atoms with E-state index in [-0.39, 0.29) is 11.6 Å². The minimum Gasteiger partial charge on any atom is -0.493 e. The zero-order chi connectivity index (χ0) is 22.7. The number of nitrogens with zero attached hydrogens (tertiary/aromatic N) is 3. The molecule has 0 bridgehead atoms. The molecule has 2 aromatic carbocycles. The zero-order valence-electron chi connectivity index (χ0n) is 17.7. The number of aliphatic imine (C=N–C) groups is 1. The Morgan fingerprint density at radius 1 is 1.09 bits per heavy atom. The van der Waals surface area contributed by atoms with E-state index in [2.05, 4.69) is 10.1 Å². The van der Waals surface area contributed by atoms with Gasteiger partial charge in [0.25, 0.3) is 0 Å². The SMILES string of the molecule is COc1cc(C2=N/C(=C\c3cnn(Cc4ccccc4Cl)c3)C(=O)O2)cc(OC)c1OC. The summed E-state index contributed by atoms with van der Waals surface area (Å²) in [5.74, 6) is 0.875. The van der Waals surface area contributed by atoms with Gasteiger partial charge in [0.15, 0.2) is 17.2 Å². The third-order valence-electron chi connectivity index (χ3n) is 4.78. The normalized spacial score (nSPS) is 14.3. The number of hydrogen-bond donors (Lipinski definition) is 0. The van der Waals surface area contributed by atoms with Gasteiger partial charge in [-0.05, 0) is 29.8 Å². The molecule has 4 rings (SSSR count). The molecule has 1 aromatic heterocycles. The van der Waals surface area contributed by atoms with E-state index in [1.165, 1.54) is 21.3 Å². The minimum atomic E-state index is -0.562. The van der Waals surface area contributed by atoms with Gasteiger partial charge in [-0.2, -0.15) is 5.10 Å². The summed E-state index contributed by atoms with van der Waals surface area (Å²) < 4.78 is 23.1. The predicted octanol–water partition coefficient (Wildman–Crippen LogP) is 3.96. The van der Waals surface area contributed by atoms with Crippen LogP contribution in [0.1, 0.15) is 16.7 Å². The average molecular weight is 454 g/mol. The van der Waals surface area contributed by atoms with Crippen LogP contribution in [0.15, 0.2) is 59.5 Å². The molecule has 0 saturated heterocycles. The highest BCUT2D eigenvalue weighted by atomic mass is 35.5. The first-order chi connectivity index (χ1) is 15.5. The Morgan fingerprint density at radius 2 is 1.81 bits per heavy atom. The van der Waals surface area contributed by atoms with Crippen LogP contribution in [0.2, 0.25) is 5.02 Å². The number of ether oxygens (including phenoxy) is 4. The summed E-state index contributed by atoms with van der Waals surface area (Å²) in [5, 5.41) is 5.00. The van der Waals surface area contributed by atoms with Gasteiger partial charge < -0.3 is 18.9 Å². The number of carbonyl (C=O) groups excluding carboxylic acids is 1. The first kappa shape index (κ1) is 21.5. The monoisotopic (exact) mass is 453 g/mol. The van der Waals surface area contributed by atoms with Crippen molar-refractivity contribution in [3.05, 3.63) is 76.2 Å². The summed E-state index contributed by atoms with van der Waals surface area (Å²) in [7, 11) is 4.53. The van der Waals surface area contributed by atoms with Crippen LogP contribution in [-0.2, 0) is 16.1 Å². The molecule has 32 heavy (non-hydrogen) atoms. The lowest BCUT2D eigenvalue weighted by atomic mass is 10.1. The molecule has 0 aliphatic carbocycles. The molecule has 0 atom stereocenters. The van der Waals surface area contributed by atoms with Gasteiger partial charge >= 0.3 is 5.97 Å². The van der Waals surface area contributed by atoms with E-state index in [1.807, 2.05) is 24.3 Å². The van der Waals surface area contributed by atoms with Crippen molar-refractivity contribution in [1.29, 1.82) is 0 Å². The van der Waals surface area contributed by atoms with Crippen molar-refractivity contribution in [2.75, 3.05) is 21.3 Å². The van der Waals surface area contributed by atoms with Gasteiger partial charge in [0.05, 0.1) is 34.1 Å². The number of aromatic nitrogens is 2. The molecular formula is C23H20ClN3O5. The lowest BCUT2D eigenvalue weighted by molar-refractivity contribution is -0.129. The molecule has 1 aliphatic heterocycles. The quantitative estimate of drug-likeness (QED) is 0.398. The molecular weight excluding hydrogens is 434 g/mol. The first-order valence-electron chi connectivity index (χ1n) is 9.61. The molecule has 0 saturated carbocycles. The zero-order valence-corrected chi connectivity index (χ0v) is 18.4. The van der Waals surface area contributed by atoms with Gasteiger partial charge in [-0.1, -0.05) is 29.8 Å². The number of cyclic esters (lactones) is 1. The van der Waals surface area contributed by atoms with Crippen LogP contribution >= 0.6 is 11.6 Å². The van der Waals surface area contributed by atoms with Gasteiger partial charge in [0.1, 0.15) is 0 Å². The second-order valence-electron chi connectivity index (χ2n) is 6.81. The smallest absolute Gasteiger partial charge is 0.363 e. The molecule has 0 unspecified atom stereocenters. The highest BCUT2D eigenvalue weighted by Gasteiger charge is 2.26. The molecule has 0 spiro atoms. The average Bonchev–Trinajstić information content (AvgIpc) is 3.40. The Kier molecular flexibility index (Phi) is 6.13. The van der Waals surface area contributed by atoms with E-state index in [9.17, 15) is 4.79 Å². The topological polar surface area (TPSA) is 84.2 Å². The maximum Gasteiger partial charge on any atom is 0.363 e. The number of halogens is 1. The summed E-state index contributed by atoms with van der Waals surface area (Å²) in [5.41, 5.74) is 2.33. The van der Waals surface area contributed by atoms with Crippen molar-refractivity contribution >= 4 is 29.5 Å². The number of benzene rings is 2. The Balaban J connectivity index is 1.60. The van der Waals surface area contributed by atoms with Crippen molar-refractivity contribution in [3.8, 4) is 17.2 Å². The fraction of sp³-hybridized carbons (Fsp3) is 0.174. The Morgan fingerprint density at radius 3 is 2.47 bits per heavy atom. The number of rotatable bonds is 7. The van der Waals surface area contributed by atoms with Gasteiger partial charge in [-0.25, -0.2) is 9.79 Å². The second kappa shape index (κ2) is 9.15. The molecule has 3 aromatic rings. The molecule has 0 fully saturated rings. The molecule has 0 N–H and O–H groups in total. The van der Waals surface area contributed by atoms with Crippen molar-refractivity contribution in [2.45, 2.75) is 6.54 Å². The van der Waals surface area contributed by atoms with Gasteiger partial charge in [0.2, 0.25) is 11.6 Å². The summed E-state index contributed by atoms with van der Waals surface area (Å²) in [6, 6.07) is 10.9. The van der Waals surface area contributed by atoms with Crippen LogP contribution in [0.3, 0.4) is 0 Å². The Bertz CT molecular complexity index is 1210. The van der Waals surface area contributed by atoms with Crippen molar-refractivity contribution in [2.24, 2.45) is 4.99 Å².